The Labute approximate surface area is 166 Å². The van der Waals surface area contributed by atoms with Crippen LogP contribution in [-0.4, -0.2) is 64.0 Å². The molecule has 1 aliphatic rings. The Bertz CT molecular complexity index is 617. The lowest BCUT2D eigenvalue weighted by molar-refractivity contribution is 0.310. The molecule has 2 heterocycles. The molecule has 0 spiro atoms. The number of nitrogens with zero attached hydrogens (tertiary/aromatic N) is 2. The third-order valence-electron chi connectivity index (χ3n) is 3.83. The van der Waals surface area contributed by atoms with E-state index < -0.39 is 9.84 Å². The monoisotopic (exact) mass is 486 g/mol. The molecule has 138 valence electrons. The number of guanidine groups is 1. The van der Waals surface area contributed by atoms with Gasteiger partial charge in [0.25, 0.3) is 0 Å². The summed E-state index contributed by atoms with van der Waals surface area (Å²) in [5, 5.41) is 8.53. The SMILES string of the molecule is CCNC(=NCC(c1cccs1)N(C)C)NC1CCS(=O)(=O)C1.I. The van der Waals surface area contributed by atoms with E-state index in [9.17, 15) is 8.42 Å². The summed E-state index contributed by atoms with van der Waals surface area (Å²) >= 11 is 1.73. The van der Waals surface area contributed by atoms with Crippen molar-refractivity contribution in [2.45, 2.75) is 25.4 Å². The number of sulfone groups is 1. The average molecular weight is 486 g/mol. The van der Waals surface area contributed by atoms with E-state index in [1.54, 1.807) is 11.3 Å². The third-order valence-corrected chi connectivity index (χ3v) is 6.58. The van der Waals surface area contributed by atoms with Gasteiger partial charge in [-0.1, -0.05) is 6.07 Å². The number of hydrogen-bond acceptors (Lipinski definition) is 5. The summed E-state index contributed by atoms with van der Waals surface area (Å²) in [5.74, 6) is 1.15. The quantitative estimate of drug-likeness (QED) is 0.364. The summed E-state index contributed by atoms with van der Waals surface area (Å²) in [6.07, 6.45) is 0.648. The van der Waals surface area contributed by atoms with E-state index in [1.807, 2.05) is 27.1 Å². The van der Waals surface area contributed by atoms with Crippen molar-refractivity contribution in [1.29, 1.82) is 0 Å². The van der Waals surface area contributed by atoms with E-state index in [1.165, 1.54) is 4.88 Å². The van der Waals surface area contributed by atoms with Crippen LogP contribution in [-0.2, 0) is 9.84 Å². The van der Waals surface area contributed by atoms with Gasteiger partial charge in [0.05, 0.1) is 24.1 Å². The van der Waals surface area contributed by atoms with Gasteiger partial charge in [0.2, 0.25) is 0 Å². The zero-order chi connectivity index (χ0) is 16.9. The molecule has 0 aliphatic carbocycles. The van der Waals surface area contributed by atoms with E-state index in [2.05, 4.69) is 32.0 Å². The number of halogens is 1. The summed E-state index contributed by atoms with van der Waals surface area (Å²) in [7, 11) is 1.20. The second-order valence-electron chi connectivity index (χ2n) is 5.96. The normalized spacial score (nSPS) is 21.3. The van der Waals surface area contributed by atoms with E-state index in [0.29, 0.717) is 18.9 Å². The van der Waals surface area contributed by atoms with Crippen molar-refractivity contribution in [2.24, 2.45) is 4.99 Å². The minimum absolute atomic E-state index is 0. The summed E-state index contributed by atoms with van der Waals surface area (Å²) in [6, 6.07) is 4.34. The highest BCUT2D eigenvalue weighted by Crippen LogP contribution is 2.23. The Morgan fingerprint density at radius 1 is 1.50 bits per heavy atom. The Kier molecular flexibility index (Phi) is 8.96. The molecule has 0 saturated carbocycles. The molecular formula is C15H27IN4O2S2. The maximum atomic E-state index is 11.6. The maximum Gasteiger partial charge on any atom is 0.191 e. The van der Waals surface area contributed by atoms with Crippen molar-refractivity contribution in [3.8, 4) is 0 Å². The largest absolute Gasteiger partial charge is 0.357 e. The Balaban J connectivity index is 0.00000288. The topological polar surface area (TPSA) is 73.8 Å². The fourth-order valence-corrected chi connectivity index (χ4v) is 5.18. The number of nitrogens with one attached hydrogen (secondary N) is 2. The van der Waals surface area contributed by atoms with E-state index in [0.717, 1.165) is 6.54 Å². The molecule has 1 aliphatic heterocycles. The first kappa shape index (κ1) is 21.7. The van der Waals surface area contributed by atoms with Crippen LogP contribution < -0.4 is 10.6 Å². The predicted molar refractivity (Wildman–Crippen MR) is 112 cm³/mol. The fourth-order valence-electron chi connectivity index (χ4n) is 2.59. The van der Waals surface area contributed by atoms with Crippen LogP contribution in [0.25, 0.3) is 0 Å². The van der Waals surface area contributed by atoms with Crippen molar-refractivity contribution >= 4 is 51.1 Å². The highest BCUT2D eigenvalue weighted by molar-refractivity contribution is 14.0. The molecule has 0 bridgehead atoms. The fraction of sp³-hybridized carbons (Fsp3) is 0.667. The van der Waals surface area contributed by atoms with Crippen molar-refractivity contribution in [3.05, 3.63) is 22.4 Å². The highest BCUT2D eigenvalue weighted by atomic mass is 127. The van der Waals surface area contributed by atoms with Crippen LogP contribution in [0.1, 0.15) is 24.3 Å². The first-order valence-corrected chi connectivity index (χ1v) is 10.6. The minimum atomic E-state index is -2.89. The molecule has 1 saturated heterocycles. The molecule has 2 atom stereocenters. The predicted octanol–water partition coefficient (Wildman–Crippen LogP) is 1.71. The summed E-state index contributed by atoms with van der Waals surface area (Å²) in [4.78, 5) is 8.09. The Morgan fingerprint density at radius 3 is 2.75 bits per heavy atom. The molecule has 0 radical (unpaired) electrons. The van der Waals surface area contributed by atoms with Crippen molar-refractivity contribution < 1.29 is 8.42 Å². The number of rotatable bonds is 6. The molecule has 2 rings (SSSR count). The Hall–Kier alpha value is -0.390. The van der Waals surface area contributed by atoms with E-state index in [-0.39, 0.29) is 47.6 Å². The standard InChI is InChI=1S/C15H26N4O2S2.HI/c1-4-16-15(18-12-7-9-23(20,21)11-12)17-10-13(19(2)3)14-6-5-8-22-14;/h5-6,8,12-13H,4,7,9-11H2,1-3H3,(H2,16,17,18);1H. The third kappa shape index (κ3) is 6.49. The van der Waals surface area contributed by atoms with Crippen LogP contribution in [0.4, 0.5) is 0 Å². The van der Waals surface area contributed by atoms with Gasteiger partial charge in [-0.15, -0.1) is 35.3 Å². The molecule has 2 unspecified atom stereocenters. The number of thiophene rings is 1. The van der Waals surface area contributed by atoms with Gasteiger partial charge in [0, 0.05) is 17.5 Å². The Morgan fingerprint density at radius 2 is 2.25 bits per heavy atom. The van der Waals surface area contributed by atoms with E-state index in [4.69, 9.17) is 0 Å². The van der Waals surface area contributed by atoms with Crippen LogP contribution in [0.5, 0.6) is 0 Å². The van der Waals surface area contributed by atoms with Crippen LogP contribution >= 0.6 is 35.3 Å². The van der Waals surface area contributed by atoms with Crippen LogP contribution in [0.2, 0.25) is 0 Å². The lowest BCUT2D eigenvalue weighted by atomic mass is 10.2. The smallest absolute Gasteiger partial charge is 0.191 e. The lowest BCUT2D eigenvalue weighted by Gasteiger charge is -2.22. The van der Waals surface area contributed by atoms with Gasteiger partial charge in [-0.2, -0.15) is 0 Å². The summed E-state index contributed by atoms with van der Waals surface area (Å²) in [6.45, 7) is 3.38. The molecule has 0 amide bonds. The zero-order valence-corrected chi connectivity index (χ0v) is 18.3. The molecular weight excluding hydrogens is 459 g/mol. The maximum absolute atomic E-state index is 11.6. The molecule has 6 nitrogen and oxygen atoms in total. The minimum Gasteiger partial charge on any atom is -0.357 e. The van der Waals surface area contributed by atoms with Gasteiger partial charge in [0.1, 0.15) is 0 Å². The first-order chi connectivity index (χ1) is 10.9. The van der Waals surface area contributed by atoms with Gasteiger partial charge in [-0.05, 0) is 38.9 Å². The van der Waals surface area contributed by atoms with Crippen LogP contribution in [0, 0.1) is 0 Å². The second kappa shape index (κ2) is 9.93. The van der Waals surface area contributed by atoms with Crippen molar-refractivity contribution in [1.82, 2.24) is 15.5 Å². The van der Waals surface area contributed by atoms with Gasteiger partial charge < -0.3 is 15.5 Å². The summed E-state index contributed by atoms with van der Waals surface area (Å²) in [5.41, 5.74) is 0. The molecule has 9 heteroatoms. The van der Waals surface area contributed by atoms with Gasteiger partial charge >= 0.3 is 0 Å². The number of likely N-dealkylation sites (N-methyl/N-ethyl adjacent to an activating group) is 1. The van der Waals surface area contributed by atoms with Gasteiger partial charge in [-0.3, -0.25) is 4.99 Å². The zero-order valence-electron chi connectivity index (χ0n) is 14.4. The highest BCUT2D eigenvalue weighted by Gasteiger charge is 2.28. The first-order valence-electron chi connectivity index (χ1n) is 7.86. The molecule has 0 aromatic carbocycles. The molecule has 2 N–H and O–H groups in total. The van der Waals surface area contributed by atoms with Gasteiger partial charge in [-0.25, -0.2) is 8.42 Å². The number of hydrogen-bond donors (Lipinski definition) is 2. The summed E-state index contributed by atoms with van der Waals surface area (Å²) < 4.78 is 23.2. The van der Waals surface area contributed by atoms with Gasteiger partial charge in [0.15, 0.2) is 15.8 Å². The van der Waals surface area contributed by atoms with Crippen LogP contribution in [0.15, 0.2) is 22.5 Å². The number of aliphatic imine (C=N–C) groups is 1. The molecule has 24 heavy (non-hydrogen) atoms. The van der Waals surface area contributed by atoms with Crippen molar-refractivity contribution in [3.63, 3.8) is 0 Å². The van der Waals surface area contributed by atoms with Crippen LogP contribution in [0.3, 0.4) is 0 Å². The van der Waals surface area contributed by atoms with E-state index >= 15 is 0 Å². The second-order valence-corrected chi connectivity index (χ2v) is 9.17. The molecule has 1 aromatic heterocycles. The molecule has 1 aromatic rings. The molecule has 1 fully saturated rings. The van der Waals surface area contributed by atoms with Crippen molar-refractivity contribution in [2.75, 3.05) is 38.7 Å². The lowest BCUT2D eigenvalue weighted by Crippen LogP contribution is -2.44. The average Bonchev–Trinajstić information content (AvgIpc) is 3.09.